The van der Waals surface area contributed by atoms with Gasteiger partial charge in [-0.1, -0.05) is 83.4 Å². The third-order valence-corrected chi connectivity index (χ3v) is 10.2. The largest absolute Gasteiger partial charge is 0.350 e. The zero-order valence-electron chi connectivity index (χ0n) is 27.6. The molecule has 0 radical (unpaired) electrons. The maximum atomic E-state index is 14.7. The van der Waals surface area contributed by atoms with Gasteiger partial charge in [-0.05, 0) is 100 Å². The topological polar surface area (TPSA) is 86.8 Å². The van der Waals surface area contributed by atoms with E-state index in [4.69, 9.17) is 23.2 Å². The van der Waals surface area contributed by atoms with Gasteiger partial charge in [0.2, 0.25) is 11.8 Å². The number of amides is 2. The molecule has 0 fully saturated rings. The molecule has 4 aromatic rings. The number of nitrogens with one attached hydrogen (secondary N) is 1. The Labute approximate surface area is 288 Å². The number of anilines is 1. The Kier molecular flexibility index (Phi) is 11.4. The van der Waals surface area contributed by atoms with Gasteiger partial charge in [0.25, 0.3) is 10.0 Å². The van der Waals surface area contributed by atoms with Crippen molar-refractivity contribution in [3.05, 3.63) is 129 Å². The van der Waals surface area contributed by atoms with E-state index in [1.54, 1.807) is 42.5 Å². The fourth-order valence-corrected chi connectivity index (χ4v) is 6.96. The Morgan fingerprint density at radius 2 is 1.49 bits per heavy atom. The molecule has 248 valence electrons. The number of aryl methyl sites for hydroxylation is 3. The van der Waals surface area contributed by atoms with Crippen LogP contribution in [0, 0.1) is 20.8 Å². The van der Waals surface area contributed by atoms with Gasteiger partial charge < -0.3 is 10.2 Å². The van der Waals surface area contributed by atoms with Crippen LogP contribution in [0.3, 0.4) is 0 Å². The summed E-state index contributed by atoms with van der Waals surface area (Å²) in [6.45, 7) is 10.7. The van der Waals surface area contributed by atoms with E-state index in [1.807, 2.05) is 77.9 Å². The molecule has 0 aliphatic carbocycles. The summed E-state index contributed by atoms with van der Waals surface area (Å²) >= 11 is 12.8. The number of hydrogen-bond acceptors (Lipinski definition) is 4. The van der Waals surface area contributed by atoms with E-state index in [1.165, 1.54) is 17.0 Å². The fourth-order valence-electron chi connectivity index (χ4n) is 5.09. The summed E-state index contributed by atoms with van der Waals surface area (Å²) in [4.78, 5) is 30.2. The van der Waals surface area contributed by atoms with Crippen LogP contribution in [0.25, 0.3) is 0 Å². The van der Waals surface area contributed by atoms with Crippen LogP contribution < -0.4 is 9.62 Å². The van der Waals surface area contributed by atoms with Crippen LogP contribution in [-0.4, -0.2) is 43.3 Å². The molecule has 47 heavy (non-hydrogen) atoms. The quantitative estimate of drug-likeness (QED) is 0.175. The molecular weight excluding hydrogens is 653 g/mol. The minimum Gasteiger partial charge on any atom is -0.350 e. The third kappa shape index (κ3) is 9.37. The second-order valence-electron chi connectivity index (χ2n) is 12.8. The summed E-state index contributed by atoms with van der Waals surface area (Å²) in [6, 6.07) is 25.1. The first kappa shape index (κ1) is 36.0. The van der Waals surface area contributed by atoms with Crippen molar-refractivity contribution in [2.75, 3.05) is 10.8 Å². The van der Waals surface area contributed by atoms with Crippen molar-refractivity contribution in [2.45, 2.75) is 71.0 Å². The smallest absolute Gasteiger partial charge is 0.264 e. The Morgan fingerprint density at radius 3 is 2.09 bits per heavy atom. The predicted molar refractivity (Wildman–Crippen MR) is 190 cm³/mol. The Morgan fingerprint density at radius 1 is 0.830 bits per heavy atom. The molecule has 0 spiro atoms. The molecule has 2 amide bonds. The maximum absolute atomic E-state index is 14.7. The number of carbonyl (C=O) groups is 2. The molecule has 0 saturated heterocycles. The molecule has 0 aliphatic rings. The van der Waals surface area contributed by atoms with Gasteiger partial charge in [0.15, 0.2) is 0 Å². The predicted octanol–water partition coefficient (Wildman–Crippen LogP) is 7.67. The van der Waals surface area contributed by atoms with Gasteiger partial charge in [0.1, 0.15) is 12.6 Å². The van der Waals surface area contributed by atoms with Crippen LogP contribution in [-0.2, 0) is 32.6 Å². The number of benzene rings is 4. The summed E-state index contributed by atoms with van der Waals surface area (Å²) in [6.07, 6.45) is 0.189. The highest BCUT2D eigenvalue weighted by Crippen LogP contribution is 2.28. The lowest BCUT2D eigenvalue weighted by atomic mass is 10.0. The molecule has 1 N–H and O–H groups in total. The van der Waals surface area contributed by atoms with Crippen LogP contribution in [0.1, 0.15) is 48.6 Å². The lowest BCUT2D eigenvalue weighted by Crippen LogP contribution is -2.56. The third-order valence-electron chi connectivity index (χ3n) is 7.79. The molecular formula is C37H41Cl2N3O4S. The molecule has 0 aliphatic heterocycles. The highest BCUT2D eigenvalue weighted by atomic mass is 35.5. The van der Waals surface area contributed by atoms with Crippen LogP contribution in [0.15, 0.2) is 95.9 Å². The zero-order chi connectivity index (χ0) is 34.5. The van der Waals surface area contributed by atoms with Gasteiger partial charge in [0.05, 0.1) is 10.6 Å². The first-order valence-corrected chi connectivity index (χ1v) is 17.5. The lowest BCUT2D eigenvalue weighted by molar-refractivity contribution is -0.140. The van der Waals surface area contributed by atoms with E-state index >= 15 is 0 Å². The van der Waals surface area contributed by atoms with Gasteiger partial charge in [-0.25, -0.2) is 8.42 Å². The molecule has 10 heteroatoms. The number of carbonyl (C=O) groups excluding carboxylic acids is 2. The monoisotopic (exact) mass is 693 g/mol. The van der Waals surface area contributed by atoms with Gasteiger partial charge in [-0.3, -0.25) is 13.9 Å². The van der Waals surface area contributed by atoms with E-state index in [0.717, 1.165) is 26.6 Å². The average molecular weight is 695 g/mol. The number of halogens is 2. The Bertz CT molecular complexity index is 1840. The number of hydrogen-bond donors (Lipinski definition) is 1. The van der Waals surface area contributed by atoms with Crippen LogP contribution >= 0.6 is 23.2 Å². The van der Waals surface area contributed by atoms with E-state index < -0.39 is 34.1 Å². The molecule has 4 rings (SSSR count). The minimum absolute atomic E-state index is 0.0488. The van der Waals surface area contributed by atoms with Crippen LogP contribution in [0.4, 0.5) is 5.69 Å². The van der Waals surface area contributed by atoms with E-state index in [2.05, 4.69) is 5.32 Å². The fraction of sp³-hybridized carbons (Fsp3) is 0.297. The SMILES string of the molecule is Cc1ccc(S(=O)(=O)N(CC(=O)N(Cc2ccc(Cl)cc2Cl)C(Cc2ccccc2)C(=O)NC(C)(C)C)c2ccc(C)c(C)c2)cc1. The second-order valence-corrected chi connectivity index (χ2v) is 15.5. The normalized spacial score (nSPS) is 12.3. The van der Waals surface area contributed by atoms with Crippen molar-refractivity contribution in [3.8, 4) is 0 Å². The summed E-state index contributed by atoms with van der Waals surface area (Å²) in [5, 5.41) is 3.77. The highest BCUT2D eigenvalue weighted by molar-refractivity contribution is 7.92. The van der Waals surface area contributed by atoms with Crippen molar-refractivity contribution < 1.29 is 18.0 Å². The molecule has 0 heterocycles. The van der Waals surface area contributed by atoms with Crippen molar-refractivity contribution in [2.24, 2.45) is 0 Å². The average Bonchev–Trinajstić information content (AvgIpc) is 2.99. The number of nitrogens with zero attached hydrogens (tertiary/aromatic N) is 2. The van der Waals surface area contributed by atoms with Gasteiger partial charge in [0, 0.05) is 28.5 Å². The first-order chi connectivity index (χ1) is 22.0. The van der Waals surface area contributed by atoms with Gasteiger partial charge in [-0.15, -0.1) is 0 Å². The first-order valence-electron chi connectivity index (χ1n) is 15.3. The van der Waals surface area contributed by atoms with Crippen molar-refractivity contribution in [1.29, 1.82) is 0 Å². The summed E-state index contributed by atoms with van der Waals surface area (Å²) in [7, 11) is -4.21. The Balaban J connectivity index is 1.86. The molecule has 0 saturated carbocycles. The molecule has 4 aromatic carbocycles. The van der Waals surface area contributed by atoms with E-state index in [-0.39, 0.29) is 23.8 Å². The van der Waals surface area contributed by atoms with Gasteiger partial charge in [-0.2, -0.15) is 0 Å². The molecule has 1 atom stereocenters. The van der Waals surface area contributed by atoms with Crippen molar-refractivity contribution in [3.63, 3.8) is 0 Å². The minimum atomic E-state index is -4.21. The molecule has 1 unspecified atom stereocenters. The van der Waals surface area contributed by atoms with Crippen LogP contribution in [0.2, 0.25) is 10.0 Å². The number of sulfonamides is 1. The summed E-state index contributed by atoms with van der Waals surface area (Å²) in [5.41, 5.74) is 3.88. The zero-order valence-corrected chi connectivity index (χ0v) is 29.9. The lowest BCUT2D eigenvalue weighted by Gasteiger charge is -2.35. The molecule has 7 nitrogen and oxygen atoms in total. The van der Waals surface area contributed by atoms with Gasteiger partial charge >= 0.3 is 0 Å². The van der Waals surface area contributed by atoms with Crippen molar-refractivity contribution >= 4 is 50.7 Å². The number of rotatable bonds is 11. The van der Waals surface area contributed by atoms with Crippen molar-refractivity contribution in [1.82, 2.24) is 10.2 Å². The molecule has 0 aromatic heterocycles. The summed E-state index contributed by atoms with van der Waals surface area (Å²) in [5.74, 6) is -0.950. The van der Waals surface area contributed by atoms with E-state index in [9.17, 15) is 18.0 Å². The Hall–Kier alpha value is -3.85. The highest BCUT2D eigenvalue weighted by Gasteiger charge is 2.36. The van der Waals surface area contributed by atoms with Crippen LogP contribution in [0.5, 0.6) is 0 Å². The summed E-state index contributed by atoms with van der Waals surface area (Å²) < 4.78 is 29.7. The van der Waals surface area contributed by atoms with E-state index in [0.29, 0.717) is 21.3 Å². The maximum Gasteiger partial charge on any atom is 0.264 e. The molecule has 0 bridgehead atoms. The standard InChI is InChI=1S/C37H41Cl2N3O4S/c1-25-12-18-32(19-13-25)47(45,46)42(31-17-14-26(2)27(3)20-31)24-35(43)41(23-29-15-16-30(38)22-33(29)39)34(36(44)40-37(4,5)6)21-28-10-8-7-9-11-28/h7-20,22,34H,21,23-24H2,1-6H3,(H,40,44). The second kappa shape index (κ2) is 14.9.